The molecule has 24 heavy (non-hydrogen) atoms. The predicted octanol–water partition coefficient (Wildman–Crippen LogP) is 3.38. The SMILES string of the molecule is CN=C(NCCC1CCCCC1)NC1CCN(CC(F)(F)F)C1.I. The Hall–Kier alpha value is -0.250. The maximum atomic E-state index is 12.4. The van der Waals surface area contributed by atoms with Gasteiger partial charge in [0.2, 0.25) is 0 Å². The van der Waals surface area contributed by atoms with Crippen LogP contribution in [0.25, 0.3) is 0 Å². The molecule has 1 aliphatic carbocycles. The van der Waals surface area contributed by atoms with Crippen molar-refractivity contribution in [2.75, 3.05) is 33.2 Å². The van der Waals surface area contributed by atoms with Crippen molar-refractivity contribution in [1.82, 2.24) is 15.5 Å². The maximum absolute atomic E-state index is 12.4. The van der Waals surface area contributed by atoms with Crippen molar-refractivity contribution >= 4 is 29.9 Å². The largest absolute Gasteiger partial charge is 0.401 e. The van der Waals surface area contributed by atoms with Gasteiger partial charge in [-0.1, -0.05) is 32.1 Å². The van der Waals surface area contributed by atoms with Gasteiger partial charge in [-0.2, -0.15) is 13.2 Å². The zero-order chi connectivity index (χ0) is 16.7. The number of halogens is 4. The fourth-order valence-electron chi connectivity index (χ4n) is 3.61. The molecular formula is C16H30F3IN4. The highest BCUT2D eigenvalue weighted by atomic mass is 127. The number of aliphatic imine (C=N–C) groups is 1. The predicted molar refractivity (Wildman–Crippen MR) is 102 cm³/mol. The minimum Gasteiger partial charge on any atom is -0.356 e. The van der Waals surface area contributed by atoms with Gasteiger partial charge >= 0.3 is 6.18 Å². The van der Waals surface area contributed by atoms with Gasteiger partial charge in [-0.15, -0.1) is 24.0 Å². The molecule has 1 aliphatic heterocycles. The van der Waals surface area contributed by atoms with E-state index in [-0.39, 0.29) is 30.0 Å². The Morgan fingerprint density at radius 1 is 1.17 bits per heavy atom. The quantitative estimate of drug-likeness (QED) is 0.374. The van der Waals surface area contributed by atoms with E-state index in [1.54, 1.807) is 7.05 Å². The molecule has 0 aromatic rings. The standard InChI is InChI=1S/C16H29F3N4.HI/c1-20-15(21-9-7-13-5-3-2-4-6-13)22-14-8-10-23(11-14)12-16(17,18)19;/h13-14H,2-12H2,1H3,(H2,20,21,22);1H. The van der Waals surface area contributed by atoms with Crippen LogP contribution in [-0.2, 0) is 0 Å². The number of nitrogens with zero attached hydrogens (tertiary/aromatic N) is 2. The highest BCUT2D eigenvalue weighted by Gasteiger charge is 2.34. The van der Waals surface area contributed by atoms with Crippen molar-refractivity contribution < 1.29 is 13.2 Å². The molecule has 0 amide bonds. The van der Waals surface area contributed by atoms with Crippen molar-refractivity contribution in [3.05, 3.63) is 0 Å². The highest BCUT2D eigenvalue weighted by molar-refractivity contribution is 14.0. The zero-order valence-electron chi connectivity index (χ0n) is 14.4. The van der Waals surface area contributed by atoms with Crippen molar-refractivity contribution in [2.45, 2.75) is 57.2 Å². The summed E-state index contributed by atoms with van der Waals surface area (Å²) in [5.74, 6) is 1.52. The van der Waals surface area contributed by atoms with Crippen LogP contribution in [0.1, 0.15) is 44.9 Å². The van der Waals surface area contributed by atoms with Gasteiger partial charge in [0.15, 0.2) is 5.96 Å². The molecule has 0 radical (unpaired) electrons. The minimum atomic E-state index is -4.12. The fraction of sp³-hybridized carbons (Fsp3) is 0.938. The normalized spacial score (nSPS) is 23.8. The number of nitrogens with one attached hydrogen (secondary N) is 2. The highest BCUT2D eigenvalue weighted by Crippen LogP contribution is 2.25. The van der Waals surface area contributed by atoms with E-state index in [0.29, 0.717) is 19.0 Å². The van der Waals surface area contributed by atoms with Crippen molar-refractivity contribution in [1.29, 1.82) is 0 Å². The lowest BCUT2D eigenvalue weighted by Crippen LogP contribution is -2.45. The van der Waals surface area contributed by atoms with Gasteiger partial charge in [-0.3, -0.25) is 9.89 Å². The summed E-state index contributed by atoms with van der Waals surface area (Å²) >= 11 is 0. The van der Waals surface area contributed by atoms with Crippen LogP contribution in [0.15, 0.2) is 4.99 Å². The zero-order valence-corrected chi connectivity index (χ0v) is 16.7. The molecule has 2 rings (SSSR count). The molecule has 2 fully saturated rings. The van der Waals surface area contributed by atoms with Crippen molar-refractivity contribution in [2.24, 2.45) is 10.9 Å². The van der Waals surface area contributed by atoms with Gasteiger partial charge in [0.05, 0.1) is 6.54 Å². The lowest BCUT2D eigenvalue weighted by molar-refractivity contribution is -0.143. The lowest BCUT2D eigenvalue weighted by atomic mass is 9.87. The van der Waals surface area contributed by atoms with Gasteiger partial charge in [0, 0.05) is 32.7 Å². The van der Waals surface area contributed by atoms with E-state index < -0.39 is 12.7 Å². The Morgan fingerprint density at radius 3 is 2.50 bits per heavy atom. The van der Waals surface area contributed by atoms with Crippen LogP contribution in [0.3, 0.4) is 0 Å². The van der Waals surface area contributed by atoms with Crippen LogP contribution >= 0.6 is 24.0 Å². The Kier molecular flexibility index (Phi) is 9.69. The number of alkyl halides is 3. The summed E-state index contributed by atoms with van der Waals surface area (Å²) < 4.78 is 37.2. The van der Waals surface area contributed by atoms with E-state index in [0.717, 1.165) is 25.3 Å². The summed E-state index contributed by atoms with van der Waals surface area (Å²) in [6.07, 6.45) is 4.44. The maximum Gasteiger partial charge on any atom is 0.401 e. The van der Waals surface area contributed by atoms with E-state index in [2.05, 4.69) is 15.6 Å². The molecule has 0 bridgehead atoms. The third-order valence-corrected chi connectivity index (χ3v) is 4.81. The number of hydrogen-bond acceptors (Lipinski definition) is 2. The minimum absolute atomic E-state index is 0. The molecule has 4 nitrogen and oxygen atoms in total. The van der Waals surface area contributed by atoms with Crippen LogP contribution < -0.4 is 10.6 Å². The fourth-order valence-corrected chi connectivity index (χ4v) is 3.61. The summed E-state index contributed by atoms with van der Waals surface area (Å²) in [7, 11) is 1.71. The smallest absolute Gasteiger partial charge is 0.356 e. The third-order valence-electron chi connectivity index (χ3n) is 4.81. The summed E-state index contributed by atoms with van der Waals surface area (Å²) in [6.45, 7) is 0.960. The van der Waals surface area contributed by atoms with Crippen LogP contribution in [0.5, 0.6) is 0 Å². The third kappa shape index (κ3) is 8.22. The second-order valence-electron chi connectivity index (χ2n) is 6.77. The van der Waals surface area contributed by atoms with Gasteiger partial charge in [0.25, 0.3) is 0 Å². The molecule has 2 N–H and O–H groups in total. The van der Waals surface area contributed by atoms with Gasteiger partial charge < -0.3 is 10.6 Å². The molecule has 1 saturated carbocycles. The second-order valence-corrected chi connectivity index (χ2v) is 6.77. The molecule has 0 aromatic carbocycles. The summed E-state index contributed by atoms with van der Waals surface area (Å²) in [6, 6.07) is 0.0400. The number of guanidine groups is 1. The van der Waals surface area contributed by atoms with E-state index in [1.165, 1.54) is 37.0 Å². The Morgan fingerprint density at radius 2 is 1.88 bits per heavy atom. The average molecular weight is 462 g/mol. The first-order valence-corrected chi connectivity index (χ1v) is 8.72. The van der Waals surface area contributed by atoms with Crippen LogP contribution in [0, 0.1) is 5.92 Å². The van der Waals surface area contributed by atoms with E-state index in [4.69, 9.17) is 0 Å². The first kappa shape index (κ1) is 21.8. The Labute approximate surface area is 160 Å². The number of hydrogen-bond donors (Lipinski definition) is 2. The number of rotatable bonds is 5. The molecule has 1 unspecified atom stereocenters. The molecule has 1 atom stereocenters. The average Bonchev–Trinajstić information content (AvgIpc) is 2.92. The lowest BCUT2D eigenvalue weighted by Gasteiger charge is -2.23. The van der Waals surface area contributed by atoms with Gasteiger partial charge in [0.1, 0.15) is 0 Å². The summed E-state index contributed by atoms with van der Waals surface area (Å²) in [5.41, 5.74) is 0. The molecule has 0 aromatic heterocycles. The van der Waals surface area contributed by atoms with E-state index >= 15 is 0 Å². The van der Waals surface area contributed by atoms with Crippen LogP contribution in [0.2, 0.25) is 0 Å². The molecule has 1 heterocycles. The molecule has 0 spiro atoms. The summed E-state index contributed by atoms with van der Waals surface area (Å²) in [5, 5.41) is 6.55. The number of likely N-dealkylation sites (tertiary alicyclic amines) is 1. The van der Waals surface area contributed by atoms with E-state index in [9.17, 15) is 13.2 Å². The molecule has 1 saturated heterocycles. The monoisotopic (exact) mass is 462 g/mol. The Balaban J connectivity index is 0.00000288. The van der Waals surface area contributed by atoms with Crippen molar-refractivity contribution in [3.63, 3.8) is 0 Å². The van der Waals surface area contributed by atoms with Gasteiger partial charge in [-0.05, 0) is 18.8 Å². The van der Waals surface area contributed by atoms with E-state index in [1.807, 2.05) is 0 Å². The molecular weight excluding hydrogens is 432 g/mol. The molecule has 142 valence electrons. The molecule has 8 heteroatoms. The van der Waals surface area contributed by atoms with Crippen LogP contribution in [0.4, 0.5) is 13.2 Å². The molecule has 2 aliphatic rings. The second kappa shape index (κ2) is 10.7. The Bertz CT molecular complexity index is 384. The van der Waals surface area contributed by atoms with Gasteiger partial charge in [-0.25, -0.2) is 0 Å². The first-order chi connectivity index (χ1) is 11.0. The first-order valence-electron chi connectivity index (χ1n) is 8.72. The topological polar surface area (TPSA) is 39.7 Å². The van der Waals surface area contributed by atoms with Crippen molar-refractivity contribution in [3.8, 4) is 0 Å². The van der Waals surface area contributed by atoms with Crippen LogP contribution in [-0.4, -0.2) is 56.3 Å². The summed E-state index contributed by atoms with van der Waals surface area (Å²) in [4.78, 5) is 5.64.